The van der Waals surface area contributed by atoms with Crippen LogP contribution >= 0.6 is 11.6 Å². The van der Waals surface area contributed by atoms with E-state index in [1.165, 1.54) is 19.2 Å². The van der Waals surface area contributed by atoms with E-state index in [9.17, 15) is 9.90 Å². The SMILES string of the molecule is C=CCNC(C(=O)OC)c1ccc(O)c(Cl)c1. The number of ether oxygens (including phenoxy) is 1. The minimum atomic E-state index is -0.629. The summed E-state index contributed by atoms with van der Waals surface area (Å²) in [6.45, 7) is 4.02. The first-order chi connectivity index (χ1) is 8.10. The molecule has 1 rings (SSSR count). The molecule has 1 aromatic rings. The van der Waals surface area contributed by atoms with Gasteiger partial charge in [0.2, 0.25) is 0 Å². The summed E-state index contributed by atoms with van der Waals surface area (Å²) < 4.78 is 4.69. The Balaban J connectivity index is 2.98. The molecule has 1 unspecified atom stereocenters. The quantitative estimate of drug-likeness (QED) is 0.624. The van der Waals surface area contributed by atoms with Gasteiger partial charge in [0, 0.05) is 6.54 Å². The van der Waals surface area contributed by atoms with Gasteiger partial charge in [-0.2, -0.15) is 0 Å². The number of esters is 1. The second kappa shape index (κ2) is 6.27. The number of hydrogen-bond donors (Lipinski definition) is 2. The third kappa shape index (κ3) is 3.47. The van der Waals surface area contributed by atoms with Crippen molar-refractivity contribution in [2.24, 2.45) is 0 Å². The molecule has 2 N–H and O–H groups in total. The van der Waals surface area contributed by atoms with E-state index in [0.717, 1.165) is 0 Å². The van der Waals surface area contributed by atoms with Crippen molar-refractivity contribution >= 4 is 17.6 Å². The first kappa shape index (κ1) is 13.5. The van der Waals surface area contributed by atoms with Crippen molar-refractivity contribution in [1.82, 2.24) is 5.32 Å². The van der Waals surface area contributed by atoms with Crippen LogP contribution in [0.2, 0.25) is 5.02 Å². The monoisotopic (exact) mass is 255 g/mol. The molecule has 0 radical (unpaired) electrons. The van der Waals surface area contributed by atoms with E-state index in [2.05, 4.69) is 11.9 Å². The zero-order valence-corrected chi connectivity index (χ0v) is 10.2. The van der Waals surface area contributed by atoms with E-state index in [-0.39, 0.29) is 10.8 Å². The summed E-state index contributed by atoms with van der Waals surface area (Å²) in [5.41, 5.74) is 0.626. The number of carbonyl (C=O) groups is 1. The number of hydrogen-bond acceptors (Lipinski definition) is 4. The molecule has 0 aliphatic carbocycles. The Morgan fingerprint density at radius 1 is 1.71 bits per heavy atom. The molecule has 5 heteroatoms. The lowest BCUT2D eigenvalue weighted by Gasteiger charge is -2.16. The van der Waals surface area contributed by atoms with Gasteiger partial charge in [0.05, 0.1) is 12.1 Å². The van der Waals surface area contributed by atoms with Crippen LogP contribution in [0, 0.1) is 0 Å². The van der Waals surface area contributed by atoms with Gasteiger partial charge in [-0.1, -0.05) is 23.7 Å². The van der Waals surface area contributed by atoms with Crippen molar-refractivity contribution in [3.63, 3.8) is 0 Å². The zero-order chi connectivity index (χ0) is 12.8. The maximum Gasteiger partial charge on any atom is 0.327 e. The van der Waals surface area contributed by atoms with Gasteiger partial charge in [-0.15, -0.1) is 6.58 Å². The van der Waals surface area contributed by atoms with Crippen molar-refractivity contribution < 1.29 is 14.6 Å². The topological polar surface area (TPSA) is 58.6 Å². The molecule has 0 saturated carbocycles. The highest BCUT2D eigenvalue weighted by Gasteiger charge is 2.20. The van der Waals surface area contributed by atoms with Crippen LogP contribution in [0.15, 0.2) is 30.9 Å². The third-order valence-electron chi connectivity index (χ3n) is 2.21. The van der Waals surface area contributed by atoms with Crippen LogP contribution in [0.1, 0.15) is 11.6 Å². The number of phenols is 1. The molecule has 0 heterocycles. The number of methoxy groups -OCH3 is 1. The van der Waals surface area contributed by atoms with Crippen LogP contribution in [-0.4, -0.2) is 24.7 Å². The van der Waals surface area contributed by atoms with Crippen molar-refractivity contribution in [1.29, 1.82) is 0 Å². The fourth-order valence-corrected chi connectivity index (χ4v) is 1.55. The van der Waals surface area contributed by atoms with Crippen molar-refractivity contribution in [3.05, 3.63) is 41.4 Å². The van der Waals surface area contributed by atoms with Gasteiger partial charge in [0.25, 0.3) is 0 Å². The Bertz CT molecular complexity index is 420. The van der Waals surface area contributed by atoms with Gasteiger partial charge in [0.15, 0.2) is 0 Å². The van der Waals surface area contributed by atoms with Crippen LogP contribution < -0.4 is 5.32 Å². The van der Waals surface area contributed by atoms with Gasteiger partial charge in [0.1, 0.15) is 11.8 Å². The standard InChI is InChI=1S/C12H14ClNO3/c1-3-6-14-11(12(16)17-2)8-4-5-10(15)9(13)7-8/h3-5,7,11,14-15H,1,6H2,2H3. The van der Waals surface area contributed by atoms with Gasteiger partial charge in [-0.25, -0.2) is 4.79 Å². The normalized spacial score (nSPS) is 11.9. The lowest BCUT2D eigenvalue weighted by atomic mass is 10.1. The molecule has 0 aliphatic heterocycles. The second-order valence-electron chi connectivity index (χ2n) is 3.36. The van der Waals surface area contributed by atoms with Gasteiger partial charge in [-0.05, 0) is 17.7 Å². The maximum atomic E-state index is 11.6. The van der Waals surface area contributed by atoms with E-state index in [0.29, 0.717) is 12.1 Å². The molecule has 92 valence electrons. The number of aromatic hydroxyl groups is 1. The molecule has 0 spiro atoms. The predicted molar refractivity (Wildman–Crippen MR) is 66.1 cm³/mol. The summed E-state index contributed by atoms with van der Waals surface area (Å²) in [5.74, 6) is -0.448. The number of carbonyl (C=O) groups excluding carboxylic acids is 1. The van der Waals surface area contributed by atoms with Gasteiger partial charge >= 0.3 is 5.97 Å². The van der Waals surface area contributed by atoms with Crippen LogP contribution in [0.5, 0.6) is 5.75 Å². The average molecular weight is 256 g/mol. The van der Waals surface area contributed by atoms with E-state index in [1.54, 1.807) is 12.1 Å². The molecule has 0 aromatic heterocycles. The number of nitrogens with one attached hydrogen (secondary N) is 1. The molecule has 0 bridgehead atoms. The number of phenolic OH excluding ortho intramolecular Hbond substituents is 1. The Kier molecular flexibility index (Phi) is 5.00. The highest BCUT2D eigenvalue weighted by Crippen LogP contribution is 2.27. The molecular weight excluding hydrogens is 242 g/mol. The lowest BCUT2D eigenvalue weighted by molar-refractivity contribution is -0.143. The molecule has 0 amide bonds. The molecular formula is C12H14ClNO3. The van der Waals surface area contributed by atoms with Crippen LogP contribution in [-0.2, 0) is 9.53 Å². The predicted octanol–water partition coefficient (Wildman–Crippen LogP) is 2.04. The molecule has 0 aliphatic rings. The molecule has 0 saturated heterocycles. The highest BCUT2D eigenvalue weighted by atomic mass is 35.5. The Morgan fingerprint density at radius 3 is 2.94 bits per heavy atom. The molecule has 4 nitrogen and oxygen atoms in total. The van der Waals surface area contributed by atoms with Crippen molar-refractivity contribution in [2.75, 3.05) is 13.7 Å². The molecule has 1 aromatic carbocycles. The molecule has 0 fully saturated rings. The number of benzene rings is 1. The summed E-state index contributed by atoms with van der Waals surface area (Å²) in [7, 11) is 1.31. The molecule has 1 atom stereocenters. The zero-order valence-electron chi connectivity index (χ0n) is 9.44. The summed E-state index contributed by atoms with van der Waals surface area (Å²) in [6, 6.07) is 3.94. The Morgan fingerprint density at radius 2 is 2.41 bits per heavy atom. The Hall–Kier alpha value is -1.52. The number of halogens is 1. The van der Waals surface area contributed by atoms with Crippen molar-refractivity contribution in [2.45, 2.75) is 6.04 Å². The molecule has 17 heavy (non-hydrogen) atoms. The lowest BCUT2D eigenvalue weighted by Crippen LogP contribution is -2.29. The first-order valence-corrected chi connectivity index (χ1v) is 5.38. The van der Waals surface area contributed by atoms with Crippen molar-refractivity contribution in [3.8, 4) is 5.75 Å². The summed E-state index contributed by atoms with van der Waals surface area (Å²) in [6.07, 6.45) is 1.64. The van der Waals surface area contributed by atoms with Crippen LogP contribution in [0.4, 0.5) is 0 Å². The largest absolute Gasteiger partial charge is 0.506 e. The minimum absolute atomic E-state index is 0.0252. The fraction of sp³-hybridized carbons (Fsp3) is 0.250. The number of rotatable bonds is 5. The van der Waals surface area contributed by atoms with Gasteiger partial charge < -0.3 is 9.84 Å². The summed E-state index contributed by atoms with van der Waals surface area (Å²) in [5, 5.41) is 12.5. The van der Waals surface area contributed by atoms with E-state index < -0.39 is 12.0 Å². The first-order valence-electron chi connectivity index (χ1n) is 5.00. The summed E-state index contributed by atoms with van der Waals surface area (Å²) in [4.78, 5) is 11.6. The highest BCUT2D eigenvalue weighted by molar-refractivity contribution is 6.32. The summed E-state index contributed by atoms with van der Waals surface area (Å²) >= 11 is 5.79. The smallest absolute Gasteiger partial charge is 0.327 e. The van der Waals surface area contributed by atoms with E-state index >= 15 is 0 Å². The Labute approximate surface area is 105 Å². The average Bonchev–Trinajstić information content (AvgIpc) is 2.33. The third-order valence-corrected chi connectivity index (χ3v) is 2.51. The van der Waals surface area contributed by atoms with Crippen LogP contribution in [0.25, 0.3) is 0 Å². The van der Waals surface area contributed by atoms with Crippen LogP contribution in [0.3, 0.4) is 0 Å². The van der Waals surface area contributed by atoms with Gasteiger partial charge in [-0.3, -0.25) is 5.32 Å². The minimum Gasteiger partial charge on any atom is -0.506 e. The maximum absolute atomic E-state index is 11.6. The second-order valence-corrected chi connectivity index (χ2v) is 3.77. The van der Waals surface area contributed by atoms with E-state index in [1.807, 2.05) is 0 Å². The fourth-order valence-electron chi connectivity index (χ4n) is 1.36. The van der Waals surface area contributed by atoms with E-state index in [4.69, 9.17) is 16.3 Å².